The third kappa shape index (κ3) is 4.27. The van der Waals surface area contributed by atoms with Crippen LogP contribution >= 0.6 is 15.9 Å². The molecule has 0 bridgehead atoms. The molecule has 8 heteroatoms. The van der Waals surface area contributed by atoms with Gasteiger partial charge in [-0.25, -0.2) is 0 Å². The van der Waals surface area contributed by atoms with Crippen molar-refractivity contribution in [2.45, 2.75) is 19.3 Å². The van der Waals surface area contributed by atoms with E-state index in [1.165, 1.54) is 0 Å². The highest BCUT2D eigenvalue weighted by atomic mass is 79.9. The lowest BCUT2D eigenvalue weighted by Gasteiger charge is -2.15. The molecule has 2 aliphatic heterocycles. The smallest absolute Gasteiger partial charge is 0.256 e. The third-order valence-electron chi connectivity index (χ3n) is 5.09. The molecule has 0 aliphatic carbocycles. The summed E-state index contributed by atoms with van der Waals surface area (Å²) in [5.74, 6) is -0.156. The maximum Gasteiger partial charge on any atom is 0.256 e. The second-order valence-electron chi connectivity index (χ2n) is 7.14. The van der Waals surface area contributed by atoms with Gasteiger partial charge in [-0.2, -0.15) is 0 Å². The molecule has 4 rings (SSSR count). The molecule has 0 spiro atoms. The quantitative estimate of drug-likeness (QED) is 0.460. The third-order valence-corrected chi connectivity index (χ3v) is 5.59. The minimum atomic E-state index is -0.183. The first kappa shape index (κ1) is 19.4. The number of amides is 3. The van der Waals surface area contributed by atoms with E-state index >= 15 is 0 Å². The number of nitrogens with one attached hydrogen (secondary N) is 3. The Hall–Kier alpha value is -2.87. The Bertz CT molecular complexity index is 1010. The standard InChI is InChI=1S/C21H21BrN4O3/c22-14-4-5-18-16(10-14)17(21(29)25-18)11-15-9-13(12-24-15)20(28)23-6-2-8-26-7-1-3-19(26)27/h4-5,9-12,24H,1-3,6-8H2,(H,23,28)(H,25,29)/b17-11-. The number of aromatic nitrogens is 1. The number of benzene rings is 1. The molecule has 29 heavy (non-hydrogen) atoms. The van der Waals surface area contributed by atoms with E-state index < -0.39 is 0 Å². The van der Waals surface area contributed by atoms with Gasteiger partial charge in [0.1, 0.15) is 0 Å². The van der Waals surface area contributed by atoms with Gasteiger partial charge in [0.05, 0.1) is 11.1 Å². The fraction of sp³-hybridized carbons (Fsp3) is 0.286. The highest BCUT2D eigenvalue weighted by Crippen LogP contribution is 2.34. The number of likely N-dealkylation sites (tertiary alicyclic amines) is 1. The first-order valence-electron chi connectivity index (χ1n) is 9.58. The fourth-order valence-corrected chi connectivity index (χ4v) is 3.96. The average molecular weight is 457 g/mol. The van der Waals surface area contributed by atoms with Gasteiger partial charge in [-0.05, 0) is 43.2 Å². The number of hydrogen-bond acceptors (Lipinski definition) is 3. The van der Waals surface area contributed by atoms with Gasteiger partial charge in [0, 0.05) is 53.7 Å². The lowest BCUT2D eigenvalue weighted by atomic mass is 10.1. The number of fused-ring (bicyclic) bond motifs is 1. The number of H-pyrrole nitrogens is 1. The molecule has 3 amide bonds. The van der Waals surface area contributed by atoms with Crippen LogP contribution in [0.3, 0.4) is 0 Å². The summed E-state index contributed by atoms with van der Waals surface area (Å²) in [4.78, 5) is 41.1. The molecule has 7 nitrogen and oxygen atoms in total. The van der Waals surface area contributed by atoms with E-state index in [1.807, 2.05) is 23.1 Å². The second kappa shape index (κ2) is 8.24. The van der Waals surface area contributed by atoms with E-state index in [-0.39, 0.29) is 17.7 Å². The summed E-state index contributed by atoms with van der Waals surface area (Å²) in [5, 5.41) is 5.71. The van der Waals surface area contributed by atoms with Gasteiger partial charge in [0.25, 0.3) is 11.8 Å². The predicted octanol–water partition coefficient (Wildman–Crippen LogP) is 3.01. The van der Waals surface area contributed by atoms with Crippen LogP contribution in [0, 0.1) is 0 Å². The van der Waals surface area contributed by atoms with Crippen molar-refractivity contribution in [3.63, 3.8) is 0 Å². The minimum absolute atomic E-state index is 0.171. The molecule has 0 radical (unpaired) electrons. The molecular formula is C21H21BrN4O3. The van der Waals surface area contributed by atoms with E-state index in [0.29, 0.717) is 36.3 Å². The molecule has 150 valence electrons. The van der Waals surface area contributed by atoms with Crippen molar-refractivity contribution in [1.29, 1.82) is 0 Å². The number of nitrogens with zero attached hydrogens (tertiary/aromatic N) is 1. The van der Waals surface area contributed by atoms with E-state index in [0.717, 1.165) is 35.1 Å². The Morgan fingerprint density at radius 2 is 2.14 bits per heavy atom. The molecule has 1 saturated heterocycles. The first-order valence-corrected chi connectivity index (χ1v) is 10.4. The van der Waals surface area contributed by atoms with E-state index in [2.05, 4.69) is 31.5 Å². The maximum atomic E-state index is 12.3. The number of hydrogen-bond donors (Lipinski definition) is 3. The van der Waals surface area contributed by atoms with E-state index in [9.17, 15) is 14.4 Å². The van der Waals surface area contributed by atoms with Gasteiger partial charge in [-0.3, -0.25) is 14.4 Å². The molecule has 0 saturated carbocycles. The van der Waals surface area contributed by atoms with Crippen molar-refractivity contribution in [2.24, 2.45) is 0 Å². The van der Waals surface area contributed by atoms with Gasteiger partial charge >= 0.3 is 0 Å². The summed E-state index contributed by atoms with van der Waals surface area (Å²) in [6.07, 6.45) is 5.65. The van der Waals surface area contributed by atoms with Crippen LogP contribution in [0.15, 0.2) is 34.9 Å². The van der Waals surface area contributed by atoms with Crippen LogP contribution in [0.5, 0.6) is 0 Å². The van der Waals surface area contributed by atoms with Crippen molar-refractivity contribution >= 4 is 51.0 Å². The Kier molecular flexibility index (Phi) is 5.53. The molecule has 0 atom stereocenters. The Morgan fingerprint density at radius 1 is 1.28 bits per heavy atom. The van der Waals surface area contributed by atoms with Crippen LogP contribution in [-0.2, 0) is 9.59 Å². The first-order chi connectivity index (χ1) is 14.0. The van der Waals surface area contributed by atoms with Crippen LogP contribution in [0.1, 0.15) is 40.9 Å². The highest BCUT2D eigenvalue weighted by molar-refractivity contribution is 9.10. The topological polar surface area (TPSA) is 94.3 Å². The van der Waals surface area contributed by atoms with Gasteiger partial charge in [0.15, 0.2) is 0 Å². The number of carbonyl (C=O) groups excluding carboxylic acids is 3. The zero-order chi connectivity index (χ0) is 20.4. The molecule has 1 aromatic carbocycles. The number of anilines is 1. The summed E-state index contributed by atoms with van der Waals surface area (Å²) in [6.45, 7) is 2.00. The normalized spacial score (nSPS) is 17.0. The summed E-state index contributed by atoms with van der Waals surface area (Å²) in [5.41, 5.74) is 3.31. The summed E-state index contributed by atoms with van der Waals surface area (Å²) < 4.78 is 0.890. The van der Waals surface area contributed by atoms with Gasteiger partial charge < -0.3 is 20.5 Å². The number of halogens is 1. The molecule has 0 unspecified atom stereocenters. The van der Waals surface area contributed by atoms with E-state index in [1.54, 1.807) is 18.3 Å². The van der Waals surface area contributed by atoms with Crippen molar-refractivity contribution in [1.82, 2.24) is 15.2 Å². The second-order valence-corrected chi connectivity index (χ2v) is 8.06. The Morgan fingerprint density at radius 3 is 2.93 bits per heavy atom. The molecule has 3 N–H and O–H groups in total. The van der Waals surface area contributed by atoms with Gasteiger partial charge in [-0.1, -0.05) is 15.9 Å². The lowest BCUT2D eigenvalue weighted by Crippen LogP contribution is -2.30. The van der Waals surface area contributed by atoms with Gasteiger partial charge in [-0.15, -0.1) is 0 Å². The van der Waals surface area contributed by atoms with Crippen LogP contribution < -0.4 is 10.6 Å². The van der Waals surface area contributed by atoms with Crippen molar-refractivity contribution in [3.05, 3.63) is 51.8 Å². The van der Waals surface area contributed by atoms with Crippen LogP contribution in [0.2, 0.25) is 0 Å². The van der Waals surface area contributed by atoms with Gasteiger partial charge in [0.2, 0.25) is 5.91 Å². The number of aromatic amines is 1. The molecular weight excluding hydrogens is 436 g/mol. The largest absolute Gasteiger partial charge is 0.361 e. The number of carbonyl (C=O) groups is 3. The monoisotopic (exact) mass is 456 g/mol. The van der Waals surface area contributed by atoms with E-state index in [4.69, 9.17) is 0 Å². The average Bonchev–Trinajstić information content (AvgIpc) is 3.40. The zero-order valence-corrected chi connectivity index (χ0v) is 17.3. The van der Waals surface area contributed by atoms with Crippen LogP contribution in [0.4, 0.5) is 5.69 Å². The number of rotatable bonds is 6. The van der Waals surface area contributed by atoms with Crippen molar-refractivity contribution < 1.29 is 14.4 Å². The fourth-order valence-electron chi connectivity index (χ4n) is 3.60. The van der Waals surface area contributed by atoms with Crippen molar-refractivity contribution in [2.75, 3.05) is 25.0 Å². The molecule has 3 heterocycles. The highest BCUT2D eigenvalue weighted by Gasteiger charge is 2.24. The molecule has 1 aromatic heterocycles. The summed E-state index contributed by atoms with van der Waals surface area (Å²) >= 11 is 3.43. The summed E-state index contributed by atoms with van der Waals surface area (Å²) in [6, 6.07) is 7.33. The van der Waals surface area contributed by atoms with Crippen LogP contribution in [0.25, 0.3) is 11.6 Å². The maximum absolute atomic E-state index is 12.3. The Balaban J connectivity index is 1.36. The minimum Gasteiger partial charge on any atom is -0.361 e. The molecule has 2 aliphatic rings. The lowest BCUT2D eigenvalue weighted by molar-refractivity contribution is -0.127. The Labute approximate surface area is 176 Å². The molecule has 1 fully saturated rings. The summed E-state index contributed by atoms with van der Waals surface area (Å²) in [7, 11) is 0. The van der Waals surface area contributed by atoms with Crippen molar-refractivity contribution in [3.8, 4) is 0 Å². The van der Waals surface area contributed by atoms with Crippen LogP contribution in [-0.4, -0.2) is 47.2 Å². The molecule has 2 aromatic rings. The SMILES string of the molecule is O=C1Nc2ccc(Br)cc2/C1=C/c1cc(C(=O)NCCCN2CCCC2=O)c[nH]1. The zero-order valence-electron chi connectivity index (χ0n) is 15.8. The predicted molar refractivity (Wildman–Crippen MR) is 114 cm³/mol.